The summed E-state index contributed by atoms with van der Waals surface area (Å²) in [4.78, 5) is 19.3. The topological polar surface area (TPSA) is 79.8 Å². The number of nitrogens with zero attached hydrogens (tertiary/aromatic N) is 3. The highest BCUT2D eigenvalue weighted by atomic mass is 32.2. The number of carbonyl (C=O) groups excluding carboxylic acids is 1. The molecule has 0 aliphatic carbocycles. The van der Waals surface area contributed by atoms with Crippen molar-refractivity contribution in [1.82, 2.24) is 9.29 Å². The number of sulfonamides is 1. The third kappa shape index (κ3) is 7.38. The molecular weight excluding hydrogens is 474 g/mol. The molecule has 0 saturated carbocycles. The molecule has 192 valence electrons. The summed E-state index contributed by atoms with van der Waals surface area (Å²) in [5.74, 6) is 0.340. The Morgan fingerprint density at radius 1 is 0.917 bits per heavy atom. The van der Waals surface area contributed by atoms with Gasteiger partial charge in [-0.1, -0.05) is 60.7 Å². The summed E-state index contributed by atoms with van der Waals surface area (Å²) in [6, 6.07) is 25.0. The third-order valence-electron chi connectivity index (χ3n) is 5.94. The number of anilines is 1. The summed E-state index contributed by atoms with van der Waals surface area (Å²) in [5, 5.41) is 0. The predicted octanol–water partition coefficient (Wildman–Crippen LogP) is 4.85. The minimum Gasteiger partial charge on any atom is -0.372 e. The number of pyridine rings is 1. The van der Waals surface area contributed by atoms with Gasteiger partial charge < -0.3 is 9.64 Å². The van der Waals surface area contributed by atoms with E-state index in [-0.39, 0.29) is 12.6 Å². The molecule has 0 spiro atoms. The molecule has 0 atom stereocenters. The van der Waals surface area contributed by atoms with Crippen molar-refractivity contribution < 1.29 is 17.9 Å². The number of ether oxygens (including phenoxy) is 1. The molecule has 0 N–H and O–H groups in total. The average molecular weight is 510 g/mol. The monoisotopic (exact) mass is 509 g/mol. The van der Waals surface area contributed by atoms with Gasteiger partial charge in [0.05, 0.1) is 11.9 Å². The van der Waals surface area contributed by atoms with Gasteiger partial charge in [-0.25, -0.2) is 17.7 Å². The zero-order valence-electron chi connectivity index (χ0n) is 21.4. The maximum Gasteiger partial charge on any atom is 0.261 e. The van der Waals surface area contributed by atoms with Crippen LogP contribution >= 0.6 is 0 Å². The van der Waals surface area contributed by atoms with Gasteiger partial charge in [0.1, 0.15) is 12.4 Å². The van der Waals surface area contributed by atoms with Gasteiger partial charge in [0.15, 0.2) is 0 Å². The van der Waals surface area contributed by atoms with Crippen LogP contribution in [0.25, 0.3) is 22.4 Å². The van der Waals surface area contributed by atoms with Gasteiger partial charge in [0, 0.05) is 37.4 Å². The standard InChI is InChI=1S/C28H35N3O4S/c1-22(2)31(19-11-12-20-35-21-27(32)30(3)36(4,33)34)26-18-17-25(23-13-7-5-8-14-23)28(29-26)24-15-9-6-10-16-24/h5-10,13-18,22H,11-12,19-21H2,1-4H3. The van der Waals surface area contributed by atoms with Crippen molar-refractivity contribution in [3.05, 3.63) is 72.8 Å². The van der Waals surface area contributed by atoms with Gasteiger partial charge in [-0.2, -0.15) is 0 Å². The molecule has 0 unspecified atom stereocenters. The number of hydrogen-bond donors (Lipinski definition) is 0. The molecule has 0 fully saturated rings. The Morgan fingerprint density at radius 2 is 1.53 bits per heavy atom. The van der Waals surface area contributed by atoms with E-state index in [4.69, 9.17) is 9.72 Å². The van der Waals surface area contributed by atoms with E-state index >= 15 is 0 Å². The highest BCUT2D eigenvalue weighted by Crippen LogP contribution is 2.33. The van der Waals surface area contributed by atoms with Crippen LogP contribution in [-0.4, -0.2) is 62.7 Å². The van der Waals surface area contributed by atoms with E-state index in [1.807, 2.05) is 36.4 Å². The molecule has 0 saturated heterocycles. The molecule has 7 nitrogen and oxygen atoms in total. The Hall–Kier alpha value is -3.23. The van der Waals surface area contributed by atoms with E-state index in [1.165, 1.54) is 7.05 Å². The van der Waals surface area contributed by atoms with Crippen LogP contribution in [0.1, 0.15) is 26.7 Å². The van der Waals surface area contributed by atoms with Gasteiger partial charge in [-0.05, 0) is 44.4 Å². The van der Waals surface area contributed by atoms with Gasteiger partial charge in [-0.3, -0.25) is 4.79 Å². The Morgan fingerprint density at radius 3 is 2.11 bits per heavy atom. The van der Waals surface area contributed by atoms with Crippen molar-refractivity contribution in [2.75, 3.05) is 38.0 Å². The van der Waals surface area contributed by atoms with Crippen molar-refractivity contribution in [3.63, 3.8) is 0 Å². The maximum atomic E-state index is 11.9. The van der Waals surface area contributed by atoms with Crippen LogP contribution in [-0.2, 0) is 19.6 Å². The second-order valence-corrected chi connectivity index (χ2v) is 11.0. The fraction of sp³-hybridized carbons (Fsp3) is 0.357. The maximum absolute atomic E-state index is 11.9. The Balaban J connectivity index is 1.68. The summed E-state index contributed by atoms with van der Waals surface area (Å²) >= 11 is 0. The molecule has 0 aliphatic heterocycles. The number of carbonyl (C=O) groups is 1. The molecule has 2 aromatic carbocycles. The second-order valence-electron chi connectivity index (χ2n) is 8.97. The van der Waals surface area contributed by atoms with Crippen LogP contribution in [0.15, 0.2) is 72.8 Å². The van der Waals surface area contributed by atoms with Gasteiger partial charge in [0.25, 0.3) is 5.91 Å². The summed E-state index contributed by atoms with van der Waals surface area (Å²) in [6.45, 7) is 5.20. The van der Waals surface area contributed by atoms with Crippen molar-refractivity contribution in [3.8, 4) is 22.4 Å². The molecule has 3 aromatic rings. The summed E-state index contributed by atoms with van der Waals surface area (Å²) in [6.07, 6.45) is 2.58. The smallest absolute Gasteiger partial charge is 0.261 e. The van der Waals surface area contributed by atoms with Crippen LogP contribution in [0.3, 0.4) is 0 Å². The molecule has 0 bridgehead atoms. The first-order valence-corrected chi connectivity index (χ1v) is 14.0. The van der Waals surface area contributed by atoms with E-state index in [2.05, 4.69) is 55.1 Å². The lowest BCUT2D eigenvalue weighted by Gasteiger charge is -2.29. The molecule has 0 radical (unpaired) electrons. The number of rotatable bonds is 12. The van der Waals surface area contributed by atoms with E-state index < -0.39 is 15.9 Å². The molecular formula is C28H35N3O4S. The first kappa shape index (κ1) is 27.4. The van der Waals surface area contributed by atoms with Crippen LogP contribution < -0.4 is 4.90 Å². The number of aromatic nitrogens is 1. The lowest BCUT2D eigenvalue weighted by molar-refractivity contribution is -0.130. The van der Waals surface area contributed by atoms with Crippen molar-refractivity contribution >= 4 is 21.7 Å². The minimum atomic E-state index is -3.56. The lowest BCUT2D eigenvalue weighted by atomic mass is 9.99. The Kier molecular flexibility index (Phi) is 9.61. The van der Waals surface area contributed by atoms with Gasteiger partial charge >= 0.3 is 0 Å². The SMILES string of the molecule is CC(C)N(CCCCOCC(=O)N(C)S(C)(=O)=O)c1ccc(-c2ccccc2)c(-c2ccccc2)n1. The molecule has 1 aromatic heterocycles. The Labute approximate surface area is 214 Å². The van der Waals surface area contributed by atoms with Crippen molar-refractivity contribution in [2.45, 2.75) is 32.7 Å². The normalized spacial score (nSPS) is 11.5. The molecule has 8 heteroatoms. The van der Waals surface area contributed by atoms with Crippen LogP contribution in [0.4, 0.5) is 5.82 Å². The molecule has 1 heterocycles. The fourth-order valence-corrected chi connectivity index (χ4v) is 4.26. The highest BCUT2D eigenvalue weighted by molar-refractivity contribution is 7.88. The summed E-state index contributed by atoms with van der Waals surface area (Å²) in [5.41, 5.74) is 4.23. The lowest BCUT2D eigenvalue weighted by Crippen LogP contribution is -2.35. The molecule has 0 aliphatic rings. The number of likely N-dealkylation sites (N-methyl/N-ethyl adjacent to an activating group) is 1. The van der Waals surface area contributed by atoms with Gasteiger partial charge in [-0.15, -0.1) is 0 Å². The molecule has 36 heavy (non-hydrogen) atoms. The molecule has 3 rings (SSSR count). The zero-order chi connectivity index (χ0) is 26.1. The van der Waals surface area contributed by atoms with Crippen LogP contribution in [0, 0.1) is 0 Å². The zero-order valence-corrected chi connectivity index (χ0v) is 22.2. The predicted molar refractivity (Wildman–Crippen MR) is 145 cm³/mol. The van der Waals surface area contributed by atoms with E-state index in [9.17, 15) is 13.2 Å². The minimum absolute atomic E-state index is 0.245. The fourth-order valence-electron chi connectivity index (χ4n) is 3.83. The third-order valence-corrected chi connectivity index (χ3v) is 7.14. The quantitative estimate of drug-likeness (QED) is 0.325. The average Bonchev–Trinajstić information content (AvgIpc) is 2.87. The van der Waals surface area contributed by atoms with Gasteiger partial charge in [0.2, 0.25) is 10.0 Å². The van der Waals surface area contributed by atoms with Crippen molar-refractivity contribution in [1.29, 1.82) is 0 Å². The second kappa shape index (κ2) is 12.6. The van der Waals surface area contributed by atoms with Crippen LogP contribution in [0.5, 0.6) is 0 Å². The number of unbranched alkanes of at least 4 members (excludes halogenated alkanes) is 1. The van der Waals surface area contributed by atoms with Crippen LogP contribution in [0.2, 0.25) is 0 Å². The highest BCUT2D eigenvalue weighted by Gasteiger charge is 2.18. The first-order valence-electron chi connectivity index (χ1n) is 12.1. The van der Waals surface area contributed by atoms with E-state index in [1.54, 1.807) is 0 Å². The summed E-state index contributed by atoms with van der Waals surface area (Å²) < 4.78 is 29.0. The summed E-state index contributed by atoms with van der Waals surface area (Å²) in [7, 11) is -2.32. The van der Waals surface area contributed by atoms with E-state index in [0.29, 0.717) is 10.9 Å². The first-order chi connectivity index (χ1) is 17.2. The van der Waals surface area contributed by atoms with E-state index in [0.717, 1.165) is 53.8 Å². The Bertz CT molecular complexity index is 1230. The molecule has 1 amide bonds. The number of amides is 1. The van der Waals surface area contributed by atoms with Crippen molar-refractivity contribution in [2.24, 2.45) is 0 Å². The largest absolute Gasteiger partial charge is 0.372 e. The number of hydrogen-bond acceptors (Lipinski definition) is 6. The number of benzene rings is 2.